The summed E-state index contributed by atoms with van der Waals surface area (Å²) in [5.74, 6) is 0.162. The SMILES string of the molecule is COc1ccccc1[C@@H]1COC[C@H]1N1C(=O)c2ccccc2C1=O. The van der Waals surface area contributed by atoms with Gasteiger partial charge in [0.1, 0.15) is 5.75 Å². The Morgan fingerprint density at radius 2 is 1.58 bits per heavy atom. The molecule has 2 amide bonds. The number of hydrogen-bond donors (Lipinski definition) is 0. The van der Waals surface area contributed by atoms with Crippen LogP contribution in [0.25, 0.3) is 0 Å². The van der Waals surface area contributed by atoms with Crippen molar-refractivity contribution in [1.29, 1.82) is 0 Å². The van der Waals surface area contributed by atoms with Crippen molar-refractivity contribution in [3.8, 4) is 5.75 Å². The molecule has 24 heavy (non-hydrogen) atoms. The molecule has 5 nitrogen and oxygen atoms in total. The van der Waals surface area contributed by atoms with Crippen LogP contribution in [0.1, 0.15) is 32.2 Å². The molecular formula is C19H17NO4. The van der Waals surface area contributed by atoms with E-state index in [1.165, 1.54) is 4.90 Å². The number of amides is 2. The Labute approximate surface area is 139 Å². The van der Waals surface area contributed by atoms with Crippen LogP contribution in [0.2, 0.25) is 0 Å². The third-order valence-electron chi connectivity index (χ3n) is 4.75. The molecule has 2 aliphatic rings. The molecule has 2 aromatic rings. The van der Waals surface area contributed by atoms with E-state index in [0.717, 1.165) is 11.3 Å². The summed E-state index contributed by atoms with van der Waals surface area (Å²) in [6.07, 6.45) is 0. The predicted molar refractivity (Wildman–Crippen MR) is 87.3 cm³/mol. The van der Waals surface area contributed by atoms with Crippen molar-refractivity contribution in [2.45, 2.75) is 12.0 Å². The molecule has 2 heterocycles. The largest absolute Gasteiger partial charge is 0.496 e. The van der Waals surface area contributed by atoms with Crippen LogP contribution in [0.5, 0.6) is 5.75 Å². The Morgan fingerprint density at radius 3 is 2.25 bits per heavy atom. The van der Waals surface area contributed by atoms with Gasteiger partial charge in [-0.1, -0.05) is 30.3 Å². The van der Waals surface area contributed by atoms with Gasteiger partial charge in [0.2, 0.25) is 0 Å². The minimum absolute atomic E-state index is 0.0941. The molecule has 0 radical (unpaired) electrons. The van der Waals surface area contributed by atoms with E-state index in [1.54, 1.807) is 31.4 Å². The van der Waals surface area contributed by atoms with E-state index in [-0.39, 0.29) is 23.8 Å². The smallest absolute Gasteiger partial charge is 0.261 e. The molecule has 2 aromatic carbocycles. The molecule has 4 rings (SSSR count). The van der Waals surface area contributed by atoms with Crippen LogP contribution in [0, 0.1) is 0 Å². The molecule has 0 aromatic heterocycles. The third kappa shape index (κ3) is 2.12. The molecule has 1 saturated heterocycles. The lowest BCUT2D eigenvalue weighted by molar-refractivity contribution is 0.0557. The van der Waals surface area contributed by atoms with E-state index in [9.17, 15) is 9.59 Å². The number of carbonyl (C=O) groups excluding carboxylic acids is 2. The van der Waals surface area contributed by atoms with Gasteiger partial charge in [0.15, 0.2) is 0 Å². The van der Waals surface area contributed by atoms with Gasteiger partial charge in [0.05, 0.1) is 37.5 Å². The first-order valence-electron chi connectivity index (χ1n) is 7.90. The maximum Gasteiger partial charge on any atom is 0.261 e. The van der Waals surface area contributed by atoms with E-state index in [4.69, 9.17) is 9.47 Å². The summed E-state index contributed by atoms with van der Waals surface area (Å²) in [7, 11) is 1.62. The lowest BCUT2D eigenvalue weighted by Crippen LogP contribution is -2.43. The van der Waals surface area contributed by atoms with E-state index >= 15 is 0 Å². The second-order valence-electron chi connectivity index (χ2n) is 5.98. The zero-order valence-corrected chi connectivity index (χ0v) is 13.3. The minimum Gasteiger partial charge on any atom is -0.496 e. The molecule has 5 heteroatoms. The van der Waals surface area contributed by atoms with Gasteiger partial charge in [-0.15, -0.1) is 0 Å². The summed E-state index contributed by atoms with van der Waals surface area (Å²) in [6, 6.07) is 14.3. The molecule has 2 aliphatic heterocycles. The van der Waals surface area contributed by atoms with Crippen molar-refractivity contribution in [2.75, 3.05) is 20.3 Å². The van der Waals surface area contributed by atoms with Crippen LogP contribution in [-0.2, 0) is 4.74 Å². The number of hydrogen-bond acceptors (Lipinski definition) is 4. The van der Waals surface area contributed by atoms with E-state index < -0.39 is 0 Å². The highest BCUT2D eigenvalue weighted by atomic mass is 16.5. The van der Waals surface area contributed by atoms with Crippen molar-refractivity contribution in [3.05, 3.63) is 65.2 Å². The highest BCUT2D eigenvalue weighted by Crippen LogP contribution is 2.38. The van der Waals surface area contributed by atoms with Crippen LogP contribution >= 0.6 is 0 Å². The van der Waals surface area contributed by atoms with Crippen molar-refractivity contribution in [3.63, 3.8) is 0 Å². The number of benzene rings is 2. The first kappa shape index (κ1) is 14.9. The number of rotatable bonds is 3. The van der Waals surface area contributed by atoms with E-state index in [2.05, 4.69) is 0 Å². The van der Waals surface area contributed by atoms with Crippen LogP contribution in [0.4, 0.5) is 0 Å². The first-order valence-corrected chi connectivity index (χ1v) is 7.90. The molecule has 0 bridgehead atoms. The van der Waals surface area contributed by atoms with Crippen molar-refractivity contribution < 1.29 is 19.1 Å². The van der Waals surface area contributed by atoms with Crippen molar-refractivity contribution in [1.82, 2.24) is 4.90 Å². The monoisotopic (exact) mass is 323 g/mol. The van der Waals surface area contributed by atoms with Gasteiger partial charge in [0.25, 0.3) is 11.8 Å². The van der Waals surface area contributed by atoms with Gasteiger partial charge in [-0.25, -0.2) is 0 Å². The quantitative estimate of drug-likeness (QED) is 0.814. The molecule has 1 fully saturated rings. The summed E-state index contributed by atoms with van der Waals surface area (Å²) >= 11 is 0. The molecule has 2 atom stereocenters. The normalized spacial score (nSPS) is 22.8. The van der Waals surface area contributed by atoms with Crippen LogP contribution < -0.4 is 4.74 Å². The minimum atomic E-state index is -0.325. The van der Waals surface area contributed by atoms with Gasteiger partial charge in [-0.05, 0) is 18.2 Å². The van der Waals surface area contributed by atoms with Gasteiger partial charge >= 0.3 is 0 Å². The van der Waals surface area contributed by atoms with Gasteiger partial charge in [-0.2, -0.15) is 0 Å². The number of para-hydroxylation sites is 1. The van der Waals surface area contributed by atoms with Gasteiger partial charge < -0.3 is 9.47 Å². The lowest BCUT2D eigenvalue weighted by atomic mass is 9.92. The summed E-state index contributed by atoms with van der Waals surface area (Å²) in [4.78, 5) is 26.8. The van der Waals surface area contributed by atoms with Gasteiger partial charge in [-0.3, -0.25) is 14.5 Å². The molecule has 0 spiro atoms. The van der Waals surface area contributed by atoms with E-state index in [0.29, 0.717) is 24.3 Å². The lowest BCUT2D eigenvalue weighted by Gasteiger charge is -2.27. The van der Waals surface area contributed by atoms with Crippen molar-refractivity contribution >= 4 is 11.8 Å². The molecule has 0 unspecified atom stereocenters. The number of ether oxygens (including phenoxy) is 2. The Balaban J connectivity index is 1.72. The number of fused-ring (bicyclic) bond motifs is 1. The summed E-state index contributed by atoms with van der Waals surface area (Å²) in [5, 5.41) is 0. The maximum absolute atomic E-state index is 12.7. The Bertz CT molecular complexity index is 782. The summed E-state index contributed by atoms with van der Waals surface area (Å²) < 4.78 is 11.1. The fraction of sp³-hybridized carbons (Fsp3) is 0.263. The number of nitrogens with zero attached hydrogens (tertiary/aromatic N) is 1. The summed E-state index contributed by atoms with van der Waals surface area (Å²) in [6.45, 7) is 0.798. The maximum atomic E-state index is 12.7. The van der Waals surface area contributed by atoms with E-state index in [1.807, 2.05) is 24.3 Å². The highest BCUT2D eigenvalue weighted by Gasteiger charge is 2.45. The predicted octanol–water partition coefficient (Wildman–Crippen LogP) is 2.47. The standard InChI is InChI=1S/C19H17NO4/c1-23-17-9-5-4-6-12(17)15-10-24-11-16(15)20-18(21)13-7-2-3-8-14(13)19(20)22/h2-9,15-16H,10-11H2,1H3/t15-,16+/m0/s1. The second-order valence-corrected chi connectivity index (χ2v) is 5.98. The Hall–Kier alpha value is -2.66. The van der Waals surface area contributed by atoms with Gasteiger partial charge in [0, 0.05) is 11.5 Å². The number of carbonyl (C=O) groups is 2. The second kappa shape index (κ2) is 5.76. The summed E-state index contributed by atoms with van der Waals surface area (Å²) in [5.41, 5.74) is 1.89. The first-order chi connectivity index (χ1) is 11.7. The van der Waals surface area contributed by atoms with Crippen LogP contribution in [-0.4, -0.2) is 43.1 Å². The molecule has 0 saturated carbocycles. The number of imide groups is 1. The average Bonchev–Trinajstić information content (AvgIpc) is 3.19. The molecule has 122 valence electrons. The van der Waals surface area contributed by atoms with Crippen molar-refractivity contribution in [2.24, 2.45) is 0 Å². The highest BCUT2D eigenvalue weighted by molar-refractivity contribution is 6.21. The zero-order chi connectivity index (χ0) is 16.7. The topological polar surface area (TPSA) is 55.8 Å². The fourth-order valence-electron chi connectivity index (χ4n) is 3.58. The fourth-order valence-corrected chi connectivity index (χ4v) is 3.58. The molecule has 0 aliphatic carbocycles. The Morgan fingerprint density at radius 1 is 0.958 bits per heavy atom. The third-order valence-corrected chi connectivity index (χ3v) is 4.75. The van der Waals surface area contributed by atoms with Crippen LogP contribution in [0.15, 0.2) is 48.5 Å². The van der Waals surface area contributed by atoms with Crippen LogP contribution in [0.3, 0.4) is 0 Å². The molecular weight excluding hydrogens is 306 g/mol. The average molecular weight is 323 g/mol. The zero-order valence-electron chi connectivity index (χ0n) is 13.3. The molecule has 0 N–H and O–H groups in total. The Kier molecular flexibility index (Phi) is 3.58. The number of methoxy groups -OCH3 is 1.